The Hall–Kier alpha value is 0.0800. The van der Waals surface area contributed by atoms with Crippen LogP contribution < -0.4 is 0 Å². The van der Waals surface area contributed by atoms with Gasteiger partial charge >= 0.3 is 22.9 Å². The summed E-state index contributed by atoms with van der Waals surface area (Å²) in [5, 5.41) is -12.1. The summed E-state index contributed by atoms with van der Waals surface area (Å²) < 4.78 is 125. The van der Waals surface area contributed by atoms with Crippen molar-refractivity contribution < 1.29 is 48.3 Å². The van der Waals surface area contributed by atoms with Gasteiger partial charge in [-0.05, 0) is 11.6 Å². The predicted molar refractivity (Wildman–Crippen MR) is 57.0 cm³/mol. The molecule has 0 aliphatic carbocycles. The SMILES string of the molecule is CCN(Br)S(=O)(=O)C(F)(F)C(F)(F)OC(F)(F)C(F)(F)Cl. The monoisotopic (exact) mass is 437 g/mol. The molecule has 0 aromatic rings. The molecule has 0 fully saturated rings. The molecule has 0 spiro atoms. The molecule has 0 saturated heterocycles. The number of hydrogen-bond donors (Lipinski definition) is 0. The van der Waals surface area contributed by atoms with Crippen LogP contribution in [0.15, 0.2) is 0 Å². The van der Waals surface area contributed by atoms with Crippen LogP contribution in [-0.4, -0.2) is 41.1 Å². The van der Waals surface area contributed by atoms with Crippen LogP contribution in [0.2, 0.25) is 0 Å². The lowest BCUT2D eigenvalue weighted by Gasteiger charge is -2.31. The van der Waals surface area contributed by atoms with Gasteiger partial charge in [-0.3, -0.25) is 0 Å². The molecule has 4 nitrogen and oxygen atoms in total. The van der Waals surface area contributed by atoms with Gasteiger partial charge in [0, 0.05) is 22.7 Å². The fourth-order valence-corrected chi connectivity index (χ4v) is 2.24. The van der Waals surface area contributed by atoms with Crippen LogP contribution in [0.5, 0.6) is 0 Å². The fraction of sp³-hybridized carbons (Fsp3) is 1.00. The van der Waals surface area contributed by atoms with E-state index < -0.39 is 42.8 Å². The average Bonchev–Trinajstić information content (AvgIpc) is 2.24. The normalized spacial score (nSPS) is 15.6. The summed E-state index contributed by atoms with van der Waals surface area (Å²) in [6, 6.07) is 0. The molecule has 0 aromatic heterocycles. The van der Waals surface area contributed by atoms with E-state index in [1.807, 2.05) is 20.9 Å². The smallest absolute Gasteiger partial charge is 0.243 e. The number of rotatable bonds is 7. The van der Waals surface area contributed by atoms with Gasteiger partial charge in [0.25, 0.3) is 10.0 Å². The number of sulfonamides is 1. The number of ether oxygens (including phenoxy) is 1. The van der Waals surface area contributed by atoms with Gasteiger partial charge < -0.3 is 0 Å². The Morgan fingerprint density at radius 2 is 1.43 bits per heavy atom. The Morgan fingerprint density at radius 1 is 1.05 bits per heavy atom. The summed E-state index contributed by atoms with van der Waals surface area (Å²) in [4.78, 5) is 0. The third-order valence-corrected chi connectivity index (χ3v) is 5.29. The highest BCUT2D eigenvalue weighted by Crippen LogP contribution is 2.48. The minimum atomic E-state index is -6.51. The van der Waals surface area contributed by atoms with E-state index in [1.165, 1.54) is 0 Å². The number of nitrogens with zero attached hydrogens (tertiary/aromatic N) is 1. The first-order valence-corrected chi connectivity index (χ1v) is 7.05. The van der Waals surface area contributed by atoms with Gasteiger partial charge in [0.2, 0.25) is 0 Å². The van der Waals surface area contributed by atoms with E-state index in [9.17, 15) is 43.5 Å². The molecule has 0 heterocycles. The molecule has 15 heteroatoms. The molecule has 0 amide bonds. The second-order valence-corrected chi connectivity index (χ2v) is 6.96. The molecular formula is C6H5BrClF8NO3S. The summed E-state index contributed by atoms with van der Waals surface area (Å²) in [5.41, 5.74) is 0. The Bertz CT molecular complexity index is 481. The van der Waals surface area contributed by atoms with Gasteiger partial charge in [-0.25, -0.2) is 13.2 Å². The number of alkyl halides is 9. The first-order chi connectivity index (χ1) is 8.94. The number of hydrogen-bond acceptors (Lipinski definition) is 3. The average molecular weight is 439 g/mol. The molecule has 0 unspecified atom stereocenters. The van der Waals surface area contributed by atoms with Crippen molar-refractivity contribution in [2.75, 3.05) is 6.54 Å². The zero-order valence-corrected chi connectivity index (χ0v) is 12.7. The van der Waals surface area contributed by atoms with Crippen LogP contribution in [-0.2, 0) is 14.8 Å². The summed E-state index contributed by atoms with van der Waals surface area (Å²) in [5.74, 6) is 0. The molecular weight excluding hydrogens is 433 g/mol. The van der Waals surface area contributed by atoms with E-state index >= 15 is 0 Å². The van der Waals surface area contributed by atoms with Gasteiger partial charge in [0.1, 0.15) is 0 Å². The van der Waals surface area contributed by atoms with Crippen molar-refractivity contribution in [3.05, 3.63) is 0 Å². The highest BCUT2D eigenvalue weighted by Gasteiger charge is 2.74. The van der Waals surface area contributed by atoms with Crippen molar-refractivity contribution in [3.63, 3.8) is 0 Å². The standard InChI is InChI=1S/C6H5BrClF8NO3S/c1-2-17(7)21(18,19)6(15,16)5(13,14)20-4(11,12)3(8,9)10/h2H2,1H3. The van der Waals surface area contributed by atoms with Gasteiger partial charge in [-0.15, -0.1) is 3.33 Å². The second-order valence-electron chi connectivity index (χ2n) is 3.26. The summed E-state index contributed by atoms with van der Waals surface area (Å²) in [6.45, 7) is 0.110. The first kappa shape index (κ1) is 21.1. The summed E-state index contributed by atoms with van der Waals surface area (Å²) >= 11 is 5.69. The van der Waals surface area contributed by atoms with Crippen molar-refractivity contribution in [3.8, 4) is 0 Å². The Kier molecular flexibility index (Phi) is 5.96. The second kappa shape index (κ2) is 5.94. The maximum atomic E-state index is 13.2. The van der Waals surface area contributed by atoms with E-state index in [4.69, 9.17) is 0 Å². The molecule has 0 saturated carbocycles. The van der Waals surface area contributed by atoms with Crippen molar-refractivity contribution in [2.24, 2.45) is 0 Å². The minimum absolute atomic E-state index is 0.492. The van der Waals surface area contributed by atoms with E-state index in [1.54, 1.807) is 0 Å². The molecule has 0 aliphatic rings. The van der Waals surface area contributed by atoms with Crippen LogP contribution in [0, 0.1) is 0 Å². The zero-order chi connectivity index (χ0) is 17.5. The van der Waals surface area contributed by atoms with Crippen LogP contribution in [0.3, 0.4) is 0 Å². The zero-order valence-electron chi connectivity index (χ0n) is 9.57. The minimum Gasteiger partial charge on any atom is -0.243 e. The summed E-state index contributed by atoms with van der Waals surface area (Å²) in [7, 11) is -6.24. The molecule has 0 aromatic carbocycles. The quantitative estimate of drug-likeness (QED) is 0.347. The van der Waals surface area contributed by atoms with E-state index in [0.717, 1.165) is 6.92 Å². The number of halogens is 10. The predicted octanol–water partition coefficient (Wildman–Crippen LogP) is 3.57. The highest BCUT2D eigenvalue weighted by molar-refractivity contribution is 9.08. The van der Waals surface area contributed by atoms with Crippen LogP contribution >= 0.6 is 27.7 Å². The lowest BCUT2D eigenvalue weighted by molar-refractivity contribution is -0.442. The maximum Gasteiger partial charge on any atom is 0.449 e. The Balaban J connectivity index is 5.71. The van der Waals surface area contributed by atoms with Crippen molar-refractivity contribution in [2.45, 2.75) is 29.8 Å². The highest BCUT2D eigenvalue weighted by atomic mass is 79.9. The largest absolute Gasteiger partial charge is 0.449 e. The molecule has 0 N–H and O–H groups in total. The Morgan fingerprint density at radius 3 is 1.71 bits per heavy atom. The Labute approximate surface area is 126 Å². The first-order valence-electron chi connectivity index (χ1n) is 4.52. The molecule has 21 heavy (non-hydrogen) atoms. The van der Waals surface area contributed by atoms with Crippen LogP contribution in [0.4, 0.5) is 35.1 Å². The van der Waals surface area contributed by atoms with Gasteiger partial charge in [-0.2, -0.15) is 35.1 Å². The maximum absolute atomic E-state index is 13.2. The van der Waals surface area contributed by atoms with Crippen LogP contribution in [0.1, 0.15) is 6.92 Å². The van der Waals surface area contributed by atoms with Gasteiger partial charge in [-0.1, -0.05) is 6.92 Å². The molecule has 0 rings (SSSR count). The lowest BCUT2D eigenvalue weighted by Crippen LogP contribution is -2.56. The van der Waals surface area contributed by atoms with Gasteiger partial charge in [0.05, 0.1) is 0 Å². The van der Waals surface area contributed by atoms with E-state index in [0.29, 0.717) is 0 Å². The van der Waals surface area contributed by atoms with Crippen molar-refractivity contribution >= 4 is 37.8 Å². The van der Waals surface area contributed by atoms with E-state index in [2.05, 4.69) is 11.6 Å². The third kappa shape index (κ3) is 3.89. The molecule has 0 atom stereocenters. The lowest BCUT2D eigenvalue weighted by atomic mass is 10.6. The van der Waals surface area contributed by atoms with Gasteiger partial charge in [0.15, 0.2) is 0 Å². The van der Waals surface area contributed by atoms with Crippen LogP contribution in [0.25, 0.3) is 0 Å². The van der Waals surface area contributed by atoms with E-state index in [-0.39, 0.29) is 0 Å². The molecule has 0 bridgehead atoms. The topological polar surface area (TPSA) is 46.6 Å². The molecule has 0 aliphatic heterocycles. The van der Waals surface area contributed by atoms with Crippen molar-refractivity contribution in [1.82, 2.24) is 3.33 Å². The third-order valence-electron chi connectivity index (χ3n) is 1.76. The summed E-state index contributed by atoms with van der Waals surface area (Å²) in [6.07, 6.45) is -12.8. The molecule has 128 valence electrons. The molecule has 0 radical (unpaired) electrons. The fourth-order valence-electron chi connectivity index (χ4n) is 0.723. The van der Waals surface area contributed by atoms with Crippen molar-refractivity contribution in [1.29, 1.82) is 0 Å².